The summed E-state index contributed by atoms with van der Waals surface area (Å²) in [6.45, 7) is 4.20. The number of rotatable bonds is 6. The van der Waals surface area contributed by atoms with Gasteiger partial charge in [-0.2, -0.15) is 0 Å². The topological polar surface area (TPSA) is 21.3 Å². The minimum atomic E-state index is 0.228. The van der Waals surface area contributed by atoms with Crippen molar-refractivity contribution in [2.24, 2.45) is 17.8 Å². The first-order valence-electron chi connectivity index (χ1n) is 8.60. The molecule has 0 saturated heterocycles. The van der Waals surface area contributed by atoms with Crippen LogP contribution in [0.3, 0.4) is 0 Å². The van der Waals surface area contributed by atoms with Crippen LogP contribution in [0.25, 0.3) is 0 Å². The van der Waals surface area contributed by atoms with Crippen LogP contribution in [0.1, 0.15) is 57.6 Å². The van der Waals surface area contributed by atoms with Gasteiger partial charge in [0.1, 0.15) is 5.75 Å². The maximum absolute atomic E-state index is 6.01. The van der Waals surface area contributed by atoms with Gasteiger partial charge in [0.05, 0.1) is 6.10 Å². The van der Waals surface area contributed by atoms with Crippen LogP contribution < -0.4 is 10.1 Å². The first kappa shape index (κ1) is 14.9. The summed E-state index contributed by atoms with van der Waals surface area (Å²) in [4.78, 5) is 0. The second kappa shape index (κ2) is 6.39. The van der Waals surface area contributed by atoms with Gasteiger partial charge in [-0.05, 0) is 70.4 Å². The van der Waals surface area contributed by atoms with E-state index >= 15 is 0 Å². The number of hydrogen-bond acceptors (Lipinski definition) is 2. The van der Waals surface area contributed by atoms with Gasteiger partial charge in [0.2, 0.25) is 0 Å². The summed E-state index contributed by atoms with van der Waals surface area (Å²) in [5.41, 5.74) is 1.33. The predicted octanol–water partition coefficient (Wildman–Crippen LogP) is 4.56. The predicted molar refractivity (Wildman–Crippen MR) is 87.6 cm³/mol. The molecule has 4 atom stereocenters. The zero-order valence-corrected chi connectivity index (χ0v) is 13.6. The van der Waals surface area contributed by atoms with E-state index in [1.807, 2.05) is 0 Å². The van der Waals surface area contributed by atoms with Gasteiger partial charge in [-0.25, -0.2) is 0 Å². The normalized spacial score (nSPS) is 29.0. The molecule has 1 N–H and O–H groups in total. The highest BCUT2D eigenvalue weighted by Gasteiger charge is 2.40. The number of ether oxygens (including phenoxy) is 1. The molecule has 0 aliphatic heterocycles. The lowest BCUT2D eigenvalue weighted by atomic mass is 9.82. The zero-order chi connectivity index (χ0) is 14.8. The number of benzene rings is 1. The molecule has 1 aromatic rings. The lowest BCUT2D eigenvalue weighted by Gasteiger charge is -2.28. The van der Waals surface area contributed by atoms with E-state index in [2.05, 4.69) is 50.5 Å². The smallest absolute Gasteiger partial charge is 0.124 e. The molecular weight excluding hydrogens is 258 g/mol. The maximum atomic E-state index is 6.01. The molecule has 1 aromatic carbocycles. The molecular formula is C19H29NO. The molecule has 2 bridgehead atoms. The van der Waals surface area contributed by atoms with E-state index in [1.54, 1.807) is 0 Å². The molecule has 116 valence electrons. The monoisotopic (exact) mass is 287 g/mol. The SMILES string of the molecule is CNC(CC1CC2CCC1C2)c1ccccc1OC(C)C. The molecule has 0 spiro atoms. The van der Waals surface area contributed by atoms with Crippen LogP contribution >= 0.6 is 0 Å². The average Bonchev–Trinajstić information content (AvgIpc) is 3.07. The number of fused-ring (bicyclic) bond motifs is 2. The summed E-state index contributed by atoms with van der Waals surface area (Å²) >= 11 is 0. The summed E-state index contributed by atoms with van der Waals surface area (Å²) in [5.74, 6) is 3.98. The summed E-state index contributed by atoms with van der Waals surface area (Å²) in [7, 11) is 2.09. The van der Waals surface area contributed by atoms with Gasteiger partial charge in [-0.15, -0.1) is 0 Å². The van der Waals surface area contributed by atoms with Crippen LogP contribution in [0, 0.1) is 17.8 Å². The Balaban J connectivity index is 1.73. The first-order chi connectivity index (χ1) is 10.2. The fraction of sp³-hybridized carbons (Fsp3) is 0.684. The van der Waals surface area contributed by atoms with Gasteiger partial charge in [-0.1, -0.05) is 24.6 Å². The van der Waals surface area contributed by atoms with E-state index in [0.29, 0.717) is 6.04 Å². The average molecular weight is 287 g/mol. The molecule has 2 saturated carbocycles. The van der Waals surface area contributed by atoms with Crippen molar-refractivity contribution in [2.45, 2.75) is 58.1 Å². The quantitative estimate of drug-likeness (QED) is 0.828. The van der Waals surface area contributed by atoms with Gasteiger partial charge in [0.25, 0.3) is 0 Å². The van der Waals surface area contributed by atoms with Crippen molar-refractivity contribution in [3.05, 3.63) is 29.8 Å². The van der Waals surface area contributed by atoms with Crippen molar-refractivity contribution < 1.29 is 4.74 Å². The highest BCUT2D eigenvalue weighted by molar-refractivity contribution is 5.36. The number of nitrogens with one attached hydrogen (secondary N) is 1. The summed E-state index contributed by atoms with van der Waals surface area (Å²) < 4.78 is 6.01. The Bertz CT molecular complexity index is 470. The molecule has 0 heterocycles. The van der Waals surface area contributed by atoms with Gasteiger partial charge in [0, 0.05) is 11.6 Å². The highest BCUT2D eigenvalue weighted by atomic mass is 16.5. The maximum Gasteiger partial charge on any atom is 0.124 e. The Morgan fingerprint density at radius 3 is 2.62 bits per heavy atom. The lowest BCUT2D eigenvalue weighted by molar-refractivity contribution is 0.233. The van der Waals surface area contributed by atoms with Crippen LogP contribution in [0.15, 0.2) is 24.3 Å². The van der Waals surface area contributed by atoms with Crippen molar-refractivity contribution in [3.63, 3.8) is 0 Å². The molecule has 2 heteroatoms. The second-order valence-corrected chi connectivity index (χ2v) is 7.22. The minimum Gasteiger partial charge on any atom is -0.491 e. The van der Waals surface area contributed by atoms with Crippen LogP contribution in [-0.4, -0.2) is 13.2 Å². The van der Waals surface area contributed by atoms with E-state index in [1.165, 1.54) is 37.7 Å². The van der Waals surface area contributed by atoms with E-state index in [4.69, 9.17) is 4.74 Å². The van der Waals surface area contributed by atoms with Gasteiger partial charge < -0.3 is 10.1 Å². The second-order valence-electron chi connectivity index (χ2n) is 7.22. The Hall–Kier alpha value is -1.02. The molecule has 2 nitrogen and oxygen atoms in total. The van der Waals surface area contributed by atoms with Crippen molar-refractivity contribution in [2.75, 3.05) is 7.05 Å². The molecule has 21 heavy (non-hydrogen) atoms. The van der Waals surface area contributed by atoms with Crippen LogP contribution in [0.5, 0.6) is 5.75 Å². The Morgan fingerprint density at radius 1 is 1.19 bits per heavy atom. The molecule has 2 aliphatic rings. The number of para-hydroxylation sites is 1. The van der Waals surface area contributed by atoms with Crippen LogP contribution in [-0.2, 0) is 0 Å². The summed E-state index contributed by atoms with van der Waals surface area (Å²) in [5, 5.41) is 3.54. The van der Waals surface area contributed by atoms with Crippen molar-refractivity contribution >= 4 is 0 Å². The molecule has 0 radical (unpaired) electrons. The minimum absolute atomic E-state index is 0.228. The Morgan fingerprint density at radius 2 is 2.00 bits per heavy atom. The van der Waals surface area contributed by atoms with Crippen molar-refractivity contribution in [1.82, 2.24) is 5.32 Å². The summed E-state index contributed by atoms with van der Waals surface area (Å²) in [6, 6.07) is 8.97. The highest BCUT2D eigenvalue weighted by Crippen LogP contribution is 2.51. The standard InChI is InChI=1S/C19H29NO/c1-13(2)21-19-7-5-4-6-17(19)18(20-3)12-16-11-14-8-9-15(16)10-14/h4-7,13-16,18,20H,8-12H2,1-3H3. The molecule has 2 fully saturated rings. The number of hydrogen-bond donors (Lipinski definition) is 1. The van der Waals surface area contributed by atoms with Gasteiger partial charge in [0.15, 0.2) is 0 Å². The van der Waals surface area contributed by atoms with E-state index < -0.39 is 0 Å². The molecule has 0 amide bonds. The molecule has 3 rings (SSSR count). The summed E-state index contributed by atoms with van der Waals surface area (Å²) in [6.07, 6.45) is 7.39. The zero-order valence-electron chi connectivity index (χ0n) is 13.6. The lowest BCUT2D eigenvalue weighted by Crippen LogP contribution is -2.23. The van der Waals surface area contributed by atoms with E-state index in [9.17, 15) is 0 Å². The Labute approximate surface area is 129 Å². The van der Waals surface area contributed by atoms with Crippen LogP contribution in [0.4, 0.5) is 0 Å². The van der Waals surface area contributed by atoms with Crippen molar-refractivity contribution in [1.29, 1.82) is 0 Å². The third kappa shape index (κ3) is 3.26. The fourth-order valence-electron chi connectivity index (χ4n) is 4.50. The van der Waals surface area contributed by atoms with Crippen molar-refractivity contribution in [3.8, 4) is 5.75 Å². The third-order valence-corrected chi connectivity index (χ3v) is 5.43. The van der Waals surface area contributed by atoms with E-state index in [0.717, 1.165) is 23.5 Å². The largest absolute Gasteiger partial charge is 0.491 e. The molecule has 4 unspecified atom stereocenters. The molecule has 0 aromatic heterocycles. The Kier molecular flexibility index (Phi) is 4.54. The van der Waals surface area contributed by atoms with Gasteiger partial charge >= 0.3 is 0 Å². The van der Waals surface area contributed by atoms with Crippen LogP contribution in [0.2, 0.25) is 0 Å². The van der Waals surface area contributed by atoms with E-state index in [-0.39, 0.29) is 6.10 Å². The van der Waals surface area contributed by atoms with Gasteiger partial charge in [-0.3, -0.25) is 0 Å². The fourth-order valence-corrected chi connectivity index (χ4v) is 4.50. The third-order valence-electron chi connectivity index (χ3n) is 5.43. The molecule has 2 aliphatic carbocycles. The first-order valence-corrected chi connectivity index (χ1v) is 8.60.